The summed E-state index contributed by atoms with van der Waals surface area (Å²) in [6, 6.07) is 6.51. The van der Waals surface area contributed by atoms with Gasteiger partial charge in [-0.15, -0.1) is 0 Å². The van der Waals surface area contributed by atoms with Crippen molar-refractivity contribution in [1.82, 2.24) is 10.6 Å². The molecule has 0 bridgehead atoms. The van der Waals surface area contributed by atoms with E-state index in [-0.39, 0.29) is 0 Å². The van der Waals surface area contributed by atoms with E-state index in [1.165, 1.54) is 5.56 Å². The van der Waals surface area contributed by atoms with Gasteiger partial charge >= 0.3 is 0 Å². The number of rotatable bonds is 7. The van der Waals surface area contributed by atoms with Crippen LogP contribution in [0.3, 0.4) is 0 Å². The Morgan fingerprint density at radius 3 is 2.56 bits per heavy atom. The molecule has 0 amide bonds. The van der Waals surface area contributed by atoms with Crippen LogP contribution in [0.1, 0.15) is 26.3 Å². The van der Waals surface area contributed by atoms with Crippen molar-refractivity contribution in [2.24, 2.45) is 5.92 Å². The van der Waals surface area contributed by atoms with Crippen molar-refractivity contribution in [2.45, 2.75) is 33.4 Å². The Kier molecular flexibility index (Phi) is 7.23. The monoisotopic (exact) mass is 332 g/mol. The van der Waals surface area contributed by atoms with Gasteiger partial charge in [-0.25, -0.2) is 0 Å². The summed E-state index contributed by atoms with van der Waals surface area (Å²) < 4.78 is 0.944. The zero-order valence-corrected chi connectivity index (χ0v) is 13.6. The van der Waals surface area contributed by atoms with Crippen LogP contribution >= 0.6 is 27.5 Å². The highest BCUT2D eigenvalue weighted by Gasteiger charge is 2.03. The van der Waals surface area contributed by atoms with Crippen LogP contribution in [0.5, 0.6) is 0 Å². The molecule has 2 N–H and O–H groups in total. The topological polar surface area (TPSA) is 24.1 Å². The smallest absolute Gasteiger partial charge is 0.0551 e. The Morgan fingerprint density at radius 1 is 1.22 bits per heavy atom. The average Bonchev–Trinajstić information content (AvgIpc) is 2.30. The second-order valence-corrected chi connectivity index (χ2v) is 6.34. The summed E-state index contributed by atoms with van der Waals surface area (Å²) >= 11 is 9.46. The van der Waals surface area contributed by atoms with Gasteiger partial charge in [0.1, 0.15) is 0 Å². The van der Waals surface area contributed by atoms with Gasteiger partial charge in [0.25, 0.3) is 0 Å². The standard InChI is InChI=1S/C14H22BrClN2/c1-10(2)7-17-8-11(3)18-9-12-4-5-13(15)14(16)6-12/h4-6,10-11,17-18H,7-9H2,1-3H3. The van der Waals surface area contributed by atoms with Gasteiger partial charge in [0.05, 0.1) is 5.02 Å². The normalized spacial score (nSPS) is 13.0. The molecular weight excluding hydrogens is 312 g/mol. The Bertz CT molecular complexity index is 369. The highest BCUT2D eigenvalue weighted by Crippen LogP contribution is 2.23. The lowest BCUT2D eigenvalue weighted by Crippen LogP contribution is -2.37. The molecule has 0 aromatic heterocycles. The lowest BCUT2D eigenvalue weighted by Gasteiger charge is -2.16. The summed E-state index contributed by atoms with van der Waals surface area (Å²) in [5.41, 5.74) is 1.21. The molecule has 1 aromatic rings. The van der Waals surface area contributed by atoms with E-state index in [4.69, 9.17) is 11.6 Å². The van der Waals surface area contributed by atoms with Crippen LogP contribution in [0.15, 0.2) is 22.7 Å². The summed E-state index contributed by atoms with van der Waals surface area (Å²) in [5.74, 6) is 0.697. The third kappa shape index (κ3) is 6.19. The minimum absolute atomic E-state index is 0.450. The van der Waals surface area contributed by atoms with Crippen LogP contribution in [-0.2, 0) is 6.54 Å². The Morgan fingerprint density at radius 2 is 1.94 bits per heavy atom. The van der Waals surface area contributed by atoms with Gasteiger partial charge in [-0.05, 0) is 53.0 Å². The molecule has 18 heavy (non-hydrogen) atoms. The maximum Gasteiger partial charge on any atom is 0.0551 e. The van der Waals surface area contributed by atoms with E-state index in [9.17, 15) is 0 Å². The summed E-state index contributed by atoms with van der Waals surface area (Å²) in [4.78, 5) is 0. The van der Waals surface area contributed by atoms with Gasteiger partial charge in [0.15, 0.2) is 0 Å². The predicted molar refractivity (Wildman–Crippen MR) is 83.2 cm³/mol. The Balaban J connectivity index is 2.29. The molecule has 0 saturated heterocycles. The number of nitrogens with one attached hydrogen (secondary N) is 2. The number of benzene rings is 1. The van der Waals surface area contributed by atoms with Gasteiger partial charge in [-0.3, -0.25) is 0 Å². The fraction of sp³-hybridized carbons (Fsp3) is 0.571. The van der Waals surface area contributed by atoms with Gasteiger partial charge in [-0.2, -0.15) is 0 Å². The first-order chi connectivity index (χ1) is 8.49. The molecule has 0 radical (unpaired) electrons. The van der Waals surface area contributed by atoms with Gasteiger partial charge in [0.2, 0.25) is 0 Å². The van der Waals surface area contributed by atoms with Crippen molar-refractivity contribution < 1.29 is 0 Å². The van der Waals surface area contributed by atoms with Crippen molar-refractivity contribution in [3.8, 4) is 0 Å². The van der Waals surface area contributed by atoms with Crippen LogP contribution in [0.2, 0.25) is 5.02 Å². The highest BCUT2D eigenvalue weighted by atomic mass is 79.9. The fourth-order valence-electron chi connectivity index (χ4n) is 1.60. The molecule has 4 heteroatoms. The molecule has 0 saturated carbocycles. The minimum Gasteiger partial charge on any atom is -0.315 e. The third-order valence-corrected chi connectivity index (χ3v) is 3.87. The summed E-state index contributed by atoms with van der Waals surface area (Å²) in [6.07, 6.45) is 0. The Labute approximate surface area is 124 Å². The Hall–Kier alpha value is -0.0900. The molecule has 2 nitrogen and oxygen atoms in total. The van der Waals surface area contributed by atoms with Gasteiger partial charge in [-0.1, -0.05) is 31.5 Å². The van der Waals surface area contributed by atoms with Crippen molar-refractivity contribution in [1.29, 1.82) is 0 Å². The molecule has 0 aliphatic heterocycles. The molecule has 0 aliphatic rings. The van der Waals surface area contributed by atoms with Gasteiger partial charge < -0.3 is 10.6 Å². The maximum absolute atomic E-state index is 6.06. The van der Waals surface area contributed by atoms with Gasteiger partial charge in [0, 0.05) is 23.6 Å². The molecule has 1 atom stereocenters. The van der Waals surface area contributed by atoms with Crippen molar-refractivity contribution in [3.63, 3.8) is 0 Å². The molecule has 102 valence electrons. The molecular formula is C14H22BrClN2. The number of hydrogen-bond donors (Lipinski definition) is 2. The molecule has 1 aromatic carbocycles. The molecule has 0 aliphatic carbocycles. The second kappa shape index (κ2) is 8.16. The van der Waals surface area contributed by atoms with E-state index in [2.05, 4.69) is 53.4 Å². The van der Waals surface area contributed by atoms with E-state index in [1.54, 1.807) is 0 Å². The van der Waals surface area contributed by atoms with E-state index in [1.807, 2.05) is 12.1 Å². The van der Waals surface area contributed by atoms with E-state index >= 15 is 0 Å². The van der Waals surface area contributed by atoms with E-state index < -0.39 is 0 Å². The summed E-state index contributed by atoms with van der Waals surface area (Å²) in [7, 11) is 0. The predicted octanol–water partition coefficient (Wildman–Crippen LogP) is 3.83. The number of halogens is 2. The van der Waals surface area contributed by atoms with Crippen LogP contribution in [0.4, 0.5) is 0 Å². The lowest BCUT2D eigenvalue weighted by molar-refractivity contribution is 0.472. The third-order valence-electron chi connectivity index (χ3n) is 2.64. The van der Waals surface area contributed by atoms with Crippen molar-refractivity contribution in [3.05, 3.63) is 33.3 Å². The quantitative estimate of drug-likeness (QED) is 0.792. The highest BCUT2D eigenvalue weighted by molar-refractivity contribution is 9.10. The zero-order chi connectivity index (χ0) is 13.5. The summed E-state index contributed by atoms with van der Waals surface area (Å²) in [6.45, 7) is 9.52. The van der Waals surface area contributed by atoms with Crippen LogP contribution in [-0.4, -0.2) is 19.1 Å². The van der Waals surface area contributed by atoms with E-state index in [0.717, 1.165) is 29.1 Å². The molecule has 0 heterocycles. The SMILES string of the molecule is CC(C)CNCC(C)NCc1ccc(Br)c(Cl)c1. The first kappa shape index (κ1) is 16.0. The number of hydrogen-bond acceptors (Lipinski definition) is 2. The van der Waals surface area contributed by atoms with Crippen LogP contribution in [0.25, 0.3) is 0 Å². The largest absolute Gasteiger partial charge is 0.315 e. The fourth-order valence-corrected chi connectivity index (χ4v) is 2.05. The second-order valence-electron chi connectivity index (χ2n) is 5.08. The first-order valence-electron chi connectivity index (χ1n) is 6.37. The van der Waals surface area contributed by atoms with Crippen LogP contribution < -0.4 is 10.6 Å². The van der Waals surface area contributed by atoms with Crippen molar-refractivity contribution >= 4 is 27.5 Å². The van der Waals surface area contributed by atoms with Crippen LogP contribution in [0, 0.1) is 5.92 Å². The van der Waals surface area contributed by atoms with Crippen molar-refractivity contribution in [2.75, 3.05) is 13.1 Å². The lowest BCUT2D eigenvalue weighted by atomic mass is 10.2. The average molecular weight is 334 g/mol. The summed E-state index contributed by atoms with van der Waals surface area (Å²) in [5, 5.41) is 7.69. The zero-order valence-electron chi connectivity index (χ0n) is 11.3. The molecule has 0 spiro atoms. The minimum atomic E-state index is 0.450. The first-order valence-corrected chi connectivity index (χ1v) is 7.54. The molecule has 1 rings (SSSR count). The molecule has 1 unspecified atom stereocenters. The maximum atomic E-state index is 6.06. The van der Waals surface area contributed by atoms with E-state index in [0.29, 0.717) is 12.0 Å². The molecule has 0 fully saturated rings.